The molecule has 0 unspecified atom stereocenters. The summed E-state index contributed by atoms with van der Waals surface area (Å²) in [4.78, 5) is 8.59. The number of aliphatic hydroxyl groups is 1. The van der Waals surface area contributed by atoms with Crippen LogP contribution in [0, 0.1) is 5.82 Å². The van der Waals surface area contributed by atoms with Crippen LogP contribution in [0.3, 0.4) is 0 Å². The Kier molecular flexibility index (Phi) is 4.48. The van der Waals surface area contributed by atoms with E-state index < -0.39 is 0 Å². The van der Waals surface area contributed by atoms with Gasteiger partial charge in [0.25, 0.3) is 0 Å². The highest BCUT2D eigenvalue weighted by molar-refractivity contribution is 7.17. The van der Waals surface area contributed by atoms with E-state index in [4.69, 9.17) is 10.2 Å². The molecular weight excluding hydrogens is 429 g/mol. The van der Waals surface area contributed by atoms with Crippen LogP contribution in [-0.4, -0.2) is 31.0 Å². The third kappa shape index (κ3) is 3.08. The van der Waals surface area contributed by atoms with Crippen molar-refractivity contribution in [1.82, 2.24) is 19.7 Å². The second-order valence-corrected chi connectivity index (χ2v) is 9.06. The van der Waals surface area contributed by atoms with E-state index in [0.717, 1.165) is 52.4 Å². The van der Waals surface area contributed by atoms with Crippen molar-refractivity contribution in [3.05, 3.63) is 48.1 Å². The summed E-state index contributed by atoms with van der Waals surface area (Å²) in [5, 5.41) is 15.1. The van der Waals surface area contributed by atoms with Gasteiger partial charge in [-0.2, -0.15) is 5.10 Å². The number of hydrogen-bond donors (Lipinski definition) is 2. The first-order chi connectivity index (χ1) is 15.6. The molecule has 0 radical (unpaired) electrons. The molecule has 4 aromatic heterocycles. The van der Waals surface area contributed by atoms with E-state index in [1.165, 1.54) is 17.4 Å². The van der Waals surface area contributed by atoms with Crippen LogP contribution in [0.25, 0.3) is 43.6 Å². The van der Waals surface area contributed by atoms with E-state index in [1.807, 2.05) is 16.9 Å². The van der Waals surface area contributed by atoms with Gasteiger partial charge in [0.15, 0.2) is 11.4 Å². The molecule has 1 fully saturated rings. The van der Waals surface area contributed by atoms with Crippen LogP contribution in [0.4, 0.5) is 10.2 Å². The van der Waals surface area contributed by atoms with Crippen molar-refractivity contribution in [3.63, 3.8) is 0 Å². The maximum Gasteiger partial charge on any atom is 0.177 e. The summed E-state index contributed by atoms with van der Waals surface area (Å²) in [6, 6.07) is 5.14. The van der Waals surface area contributed by atoms with Crippen LogP contribution >= 0.6 is 11.3 Å². The Morgan fingerprint density at radius 1 is 1.16 bits per heavy atom. The minimum atomic E-state index is -0.374. The fourth-order valence-corrected chi connectivity index (χ4v) is 5.36. The molecule has 32 heavy (non-hydrogen) atoms. The second-order valence-electron chi connectivity index (χ2n) is 8.20. The number of aromatic nitrogens is 4. The van der Waals surface area contributed by atoms with Gasteiger partial charge in [0.1, 0.15) is 11.6 Å². The molecule has 1 aromatic carbocycles. The largest absolute Gasteiger partial charge is 0.452 e. The molecule has 0 aliphatic heterocycles. The Labute approximate surface area is 186 Å². The lowest BCUT2D eigenvalue weighted by Gasteiger charge is -2.25. The van der Waals surface area contributed by atoms with Gasteiger partial charge < -0.3 is 15.3 Å². The molecule has 4 heterocycles. The number of fused-ring (bicyclic) bond motifs is 2. The number of rotatable bonds is 3. The molecular formula is C23H20FN5O2S. The highest BCUT2D eigenvalue weighted by Gasteiger charge is 2.23. The first kappa shape index (κ1) is 19.4. The molecule has 6 rings (SSSR count). The summed E-state index contributed by atoms with van der Waals surface area (Å²) in [6.07, 6.45) is 8.64. The number of halogens is 1. The van der Waals surface area contributed by atoms with Gasteiger partial charge in [0, 0.05) is 28.9 Å². The van der Waals surface area contributed by atoms with Crippen LogP contribution in [0.2, 0.25) is 0 Å². The molecule has 0 spiro atoms. The number of anilines is 1. The van der Waals surface area contributed by atoms with Gasteiger partial charge in [-0.25, -0.2) is 14.4 Å². The van der Waals surface area contributed by atoms with Crippen molar-refractivity contribution >= 4 is 38.3 Å². The second kappa shape index (κ2) is 7.39. The van der Waals surface area contributed by atoms with Crippen molar-refractivity contribution in [3.8, 4) is 22.5 Å². The third-order valence-electron chi connectivity index (χ3n) is 6.24. The van der Waals surface area contributed by atoms with E-state index in [9.17, 15) is 9.50 Å². The number of furan rings is 1. The van der Waals surface area contributed by atoms with Gasteiger partial charge >= 0.3 is 0 Å². The third-order valence-corrected chi connectivity index (χ3v) is 7.10. The van der Waals surface area contributed by atoms with Crippen molar-refractivity contribution in [2.45, 2.75) is 37.8 Å². The van der Waals surface area contributed by atoms with E-state index in [0.29, 0.717) is 16.9 Å². The van der Waals surface area contributed by atoms with Gasteiger partial charge in [-0.1, -0.05) is 0 Å². The number of thiazole rings is 1. The molecule has 0 bridgehead atoms. The summed E-state index contributed by atoms with van der Waals surface area (Å²) < 4.78 is 23.5. The molecule has 7 nitrogen and oxygen atoms in total. The van der Waals surface area contributed by atoms with Crippen LogP contribution in [0.15, 0.2) is 46.7 Å². The number of nitrogens with two attached hydrogens (primary N) is 1. The van der Waals surface area contributed by atoms with Crippen LogP contribution in [0.1, 0.15) is 31.7 Å². The average Bonchev–Trinajstić information content (AvgIpc) is 3.54. The van der Waals surface area contributed by atoms with E-state index in [2.05, 4.69) is 15.1 Å². The van der Waals surface area contributed by atoms with Gasteiger partial charge in [-0.05, 0) is 43.9 Å². The highest BCUT2D eigenvalue weighted by Crippen LogP contribution is 2.40. The first-order valence-corrected chi connectivity index (χ1v) is 11.4. The molecule has 1 saturated carbocycles. The maximum atomic E-state index is 14.8. The Morgan fingerprint density at radius 2 is 2.00 bits per heavy atom. The average molecular weight is 450 g/mol. The van der Waals surface area contributed by atoms with Crippen LogP contribution in [0.5, 0.6) is 0 Å². The predicted molar refractivity (Wildman–Crippen MR) is 122 cm³/mol. The number of pyridine rings is 1. The Morgan fingerprint density at radius 3 is 2.84 bits per heavy atom. The molecule has 0 saturated heterocycles. The predicted octanol–water partition coefficient (Wildman–Crippen LogP) is 5.17. The van der Waals surface area contributed by atoms with E-state index >= 15 is 0 Å². The monoisotopic (exact) mass is 449 g/mol. The molecule has 0 amide bonds. The minimum Gasteiger partial charge on any atom is -0.452 e. The summed E-state index contributed by atoms with van der Waals surface area (Å²) in [6.45, 7) is 0. The molecule has 9 heteroatoms. The zero-order valence-corrected chi connectivity index (χ0v) is 17.8. The van der Waals surface area contributed by atoms with Crippen LogP contribution < -0.4 is 5.73 Å². The first-order valence-electron chi connectivity index (χ1n) is 10.5. The summed E-state index contributed by atoms with van der Waals surface area (Å²) in [5.41, 5.74) is 11.0. The zero-order chi connectivity index (χ0) is 21.8. The smallest absolute Gasteiger partial charge is 0.177 e. The zero-order valence-electron chi connectivity index (χ0n) is 17.0. The van der Waals surface area contributed by atoms with Gasteiger partial charge in [0.05, 0.1) is 39.6 Å². The number of nitrogens with zero attached hydrogens (tertiary/aromatic N) is 4. The maximum absolute atomic E-state index is 14.8. The minimum absolute atomic E-state index is 0.213. The lowest BCUT2D eigenvalue weighted by Crippen LogP contribution is -2.21. The van der Waals surface area contributed by atoms with Crippen LogP contribution in [-0.2, 0) is 0 Å². The fraction of sp³-hybridized carbons (Fsp3) is 0.261. The standard InChI is InChI=1S/C23H20FN5O2S/c24-17-5-6-18-22(32-11-27-18)20(17)19-7-15-16(9-26-23(25)21(15)31-19)12-8-28-29(10-12)13-1-3-14(30)4-2-13/h5-11,13-14,30H,1-4H2,(H2,25,26). The number of nitrogen functional groups attached to an aromatic ring is 1. The quantitative estimate of drug-likeness (QED) is 0.394. The molecule has 3 N–H and O–H groups in total. The van der Waals surface area contributed by atoms with Crippen molar-refractivity contribution in [1.29, 1.82) is 0 Å². The SMILES string of the molecule is Nc1ncc(-c2cnn(C3CCC(O)CC3)c2)c2cc(-c3c(F)ccc4ncsc34)oc12. The highest BCUT2D eigenvalue weighted by atomic mass is 32.1. The summed E-state index contributed by atoms with van der Waals surface area (Å²) >= 11 is 1.37. The van der Waals surface area contributed by atoms with Gasteiger partial charge in [-0.3, -0.25) is 4.68 Å². The molecule has 5 aromatic rings. The topological polar surface area (TPSA) is 103 Å². The number of aliphatic hydroxyl groups excluding tert-OH is 1. The lowest BCUT2D eigenvalue weighted by molar-refractivity contribution is 0.108. The van der Waals surface area contributed by atoms with Crippen molar-refractivity contribution < 1.29 is 13.9 Å². The lowest BCUT2D eigenvalue weighted by atomic mass is 9.93. The molecule has 0 atom stereocenters. The molecule has 1 aliphatic rings. The van der Waals surface area contributed by atoms with Gasteiger partial charge in [-0.15, -0.1) is 11.3 Å². The Bertz CT molecular complexity index is 1450. The van der Waals surface area contributed by atoms with E-state index in [-0.39, 0.29) is 23.8 Å². The summed E-state index contributed by atoms with van der Waals surface area (Å²) in [5.74, 6) is 0.267. The van der Waals surface area contributed by atoms with Crippen molar-refractivity contribution in [2.24, 2.45) is 0 Å². The van der Waals surface area contributed by atoms with E-state index in [1.54, 1.807) is 24.0 Å². The molecule has 162 valence electrons. The van der Waals surface area contributed by atoms with Gasteiger partial charge in [0.2, 0.25) is 0 Å². The number of hydrogen-bond acceptors (Lipinski definition) is 7. The van der Waals surface area contributed by atoms with Crippen molar-refractivity contribution in [2.75, 3.05) is 5.73 Å². The Balaban J connectivity index is 1.46. The Hall–Kier alpha value is -3.30. The normalized spacial score (nSPS) is 19.2. The summed E-state index contributed by atoms with van der Waals surface area (Å²) in [7, 11) is 0. The fourth-order valence-electron chi connectivity index (χ4n) is 4.53. The number of benzene rings is 1. The molecule has 1 aliphatic carbocycles.